The number of amides is 1. The maximum Gasteiger partial charge on any atom is 0.223 e. The smallest absolute Gasteiger partial charge is 0.223 e. The van der Waals surface area contributed by atoms with Gasteiger partial charge in [0.15, 0.2) is 0 Å². The summed E-state index contributed by atoms with van der Waals surface area (Å²) in [6.45, 7) is 6.30. The van der Waals surface area contributed by atoms with Gasteiger partial charge in [0.1, 0.15) is 0 Å². The van der Waals surface area contributed by atoms with Crippen LogP contribution in [0, 0.1) is 11.8 Å². The number of nitrogens with one attached hydrogen (secondary N) is 1. The van der Waals surface area contributed by atoms with Crippen molar-refractivity contribution in [2.24, 2.45) is 11.8 Å². The Bertz CT molecular complexity index is 308. The van der Waals surface area contributed by atoms with E-state index in [9.17, 15) is 4.79 Å². The van der Waals surface area contributed by atoms with Crippen molar-refractivity contribution in [2.45, 2.75) is 45.4 Å². The predicted octanol–water partition coefficient (Wildman–Crippen LogP) is 2.58. The molecule has 1 amide bonds. The molecule has 0 bridgehead atoms. The van der Waals surface area contributed by atoms with Crippen molar-refractivity contribution in [1.29, 1.82) is 0 Å². The number of carbonyl (C=O) groups excluding carboxylic acids is 1. The average Bonchev–Trinajstić information content (AvgIpc) is 2.92. The van der Waals surface area contributed by atoms with Crippen LogP contribution in [0.3, 0.4) is 0 Å². The zero-order valence-corrected chi connectivity index (χ0v) is 12.2. The van der Waals surface area contributed by atoms with Crippen LogP contribution >= 0.6 is 0 Å². The molecule has 1 fully saturated rings. The highest BCUT2D eigenvalue weighted by molar-refractivity contribution is 5.76. The molecule has 1 atom stereocenters. The molecule has 1 N–H and O–H groups in total. The number of hydrogen-bond acceptors (Lipinski definition) is 2. The lowest BCUT2D eigenvalue weighted by Gasteiger charge is -2.30. The molecule has 0 radical (unpaired) electrons. The van der Waals surface area contributed by atoms with Gasteiger partial charge in [-0.05, 0) is 57.0 Å². The van der Waals surface area contributed by atoms with E-state index in [2.05, 4.69) is 29.3 Å². The Morgan fingerprint density at radius 1 is 1.32 bits per heavy atom. The number of allylic oxidation sites excluding steroid dienone is 2. The third-order valence-electron chi connectivity index (χ3n) is 4.33. The monoisotopic (exact) mass is 264 g/mol. The van der Waals surface area contributed by atoms with E-state index in [0.29, 0.717) is 17.7 Å². The Balaban J connectivity index is 1.82. The molecule has 0 saturated carbocycles. The highest BCUT2D eigenvalue weighted by atomic mass is 16.2. The Morgan fingerprint density at radius 2 is 2.11 bits per heavy atom. The lowest BCUT2D eigenvalue weighted by Crippen LogP contribution is -2.40. The van der Waals surface area contributed by atoms with Gasteiger partial charge in [-0.15, -0.1) is 0 Å². The minimum absolute atomic E-state index is 0.372. The molecule has 3 heteroatoms. The van der Waals surface area contributed by atoms with Crippen molar-refractivity contribution in [3.63, 3.8) is 0 Å². The molecule has 1 aliphatic heterocycles. The highest BCUT2D eigenvalue weighted by Gasteiger charge is 2.22. The van der Waals surface area contributed by atoms with Crippen molar-refractivity contribution in [1.82, 2.24) is 10.2 Å². The normalized spacial score (nSPS) is 23.7. The molecule has 19 heavy (non-hydrogen) atoms. The summed E-state index contributed by atoms with van der Waals surface area (Å²) in [7, 11) is 0. The first kappa shape index (κ1) is 14.6. The molecule has 3 nitrogen and oxygen atoms in total. The molecular weight excluding hydrogens is 236 g/mol. The van der Waals surface area contributed by atoms with E-state index < -0.39 is 0 Å². The topological polar surface area (TPSA) is 32.3 Å². The maximum absolute atomic E-state index is 12.4. The number of rotatable bonds is 6. The number of nitrogens with zero attached hydrogens (tertiary/aromatic N) is 1. The van der Waals surface area contributed by atoms with Crippen molar-refractivity contribution in [3.8, 4) is 0 Å². The Hall–Kier alpha value is -0.830. The third-order valence-corrected chi connectivity index (χ3v) is 4.33. The van der Waals surface area contributed by atoms with Crippen LogP contribution in [0.5, 0.6) is 0 Å². The molecule has 1 unspecified atom stereocenters. The Labute approximate surface area is 117 Å². The standard InChI is InChI=1S/C16H28N2O/c1-2-11-18(13-15-7-9-17-10-8-15)16(19)12-14-5-3-4-6-14/h3,5,14-15,17H,2,4,6-13H2,1H3. The van der Waals surface area contributed by atoms with Crippen molar-refractivity contribution in [3.05, 3.63) is 12.2 Å². The first-order valence-electron chi connectivity index (χ1n) is 7.94. The van der Waals surface area contributed by atoms with E-state index in [4.69, 9.17) is 0 Å². The molecule has 1 saturated heterocycles. The van der Waals surface area contributed by atoms with E-state index >= 15 is 0 Å². The van der Waals surface area contributed by atoms with E-state index in [1.165, 1.54) is 19.3 Å². The van der Waals surface area contributed by atoms with E-state index in [0.717, 1.165) is 45.4 Å². The van der Waals surface area contributed by atoms with Gasteiger partial charge < -0.3 is 10.2 Å². The fourth-order valence-electron chi connectivity index (χ4n) is 3.18. The minimum Gasteiger partial charge on any atom is -0.342 e. The molecule has 1 aliphatic carbocycles. The van der Waals surface area contributed by atoms with Crippen LogP contribution in [-0.4, -0.2) is 37.0 Å². The molecular formula is C16H28N2O. The van der Waals surface area contributed by atoms with Gasteiger partial charge in [-0.2, -0.15) is 0 Å². The second-order valence-corrected chi connectivity index (χ2v) is 6.00. The van der Waals surface area contributed by atoms with Gasteiger partial charge in [-0.1, -0.05) is 19.1 Å². The highest BCUT2D eigenvalue weighted by Crippen LogP contribution is 2.22. The van der Waals surface area contributed by atoms with Gasteiger partial charge in [-0.25, -0.2) is 0 Å². The van der Waals surface area contributed by atoms with Gasteiger partial charge in [0.05, 0.1) is 0 Å². The summed E-state index contributed by atoms with van der Waals surface area (Å²) >= 11 is 0. The molecule has 0 aromatic heterocycles. The second kappa shape index (κ2) is 7.68. The Morgan fingerprint density at radius 3 is 2.74 bits per heavy atom. The maximum atomic E-state index is 12.4. The fourth-order valence-corrected chi connectivity index (χ4v) is 3.18. The zero-order chi connectivity index (χ0) is 13.5. The second-order valence-electron chi connectivity index (χ2n) is 6.00. The summed E-state index contributed by atoms with van der Waals surface area (Å²) in [5.41, 5.74) is 0. The fraction of sp³-hybridized carbons (Fsp3) is 0.812. The first-order chi connectivity index (χ1) is 9.29. The van der Waals surface area contributed by atoms with Crippen LogP contribution in [0.2, 0.25) is 0 Å². The number of carbonyl (C=O) groups is 1. The van der Waals surface area contributed by atoms with E-state index in [1.54, 1.807) is 0 Å². The van der Waals surface area contributed by atoms with Crippen LogP contribution in [0.1, 0.15) is 45.4 Å². The molecule has 2 rings (SSSR count). The van der Waals surface area contributed by atoms with Gasteiger partial charge in [0.2, 0.25) is 5.91 Å². The lowest BCUT2D eigenvalue weighted by atomic mass is 9.96. The summed E-state index contributed by atoms with van der Waals surface area (Å²) in [6, 6.07) is 0. The largest absolute Gasteiger partial charge is 0.342 e. The van der Waals surface area contributed by atoms with Gasteiger partial charge in [0, 0.05) is 19.5 Å². The van der Waals surface area contributed by atoms with Crippen LogP contribution in [0.15, 0.2) is 12.2 Å². The van der Waals surface area contributed by atoms with Crippen molar-refractivity contribution < 1.29 is 4.79 Å². The minimum atomic E-state index is 0.372. The van der Waals surface area contributed by atoms with E-state index in [-0.39, 0.29) is 0 Å². The van der Waals surface area contributed by atoms with Crippen LogP contribution in [0.25, 0.3) is 0 Å². The van der Waals surface area contributed by atoms with Crippen molar-refractivity contribution >= 4 is 5.91 Å². The van der Waals surface area contributed by atoms with Crippen molar-refractivity contribution in [2.75, 3.05) is 26.2 Å². The van der Waals surface area contributed by atoms with Gasteiger partial charge in [0.25, 0.3) is 0 Å². The summed E-state index contributed by atoms with van der Waals surface area (Å²) < 4.78 is 0. The molecule has 1 heterocycles. The quantitative estimate of drug-likeness (QED) is 0.748. The molecule has 0 aromatic carbocycles. The number of piperidine rings is 1. The molecule has 108 valence electrons. The third kappa shape index (κ3) is 4.64. The predicted molar refractivity (Wildman–Crippen MR) is 78.9 cm³/mol. The SMILES string of the molecule is CCCN(CC1CCNCC1)C(=O)CC1C=CCC1. The van der Waals surface area contributed by atoms with Crippen LogP contribution in [0.4, 0.5) is 0 Å². The van der Waals surface area contributed by atoms with Crippen LogP contribution in [-0.2, 0) is 4.79 Å². The Kier molecular flexibility index (Phi) is 5.90. The summed E-state index contributed by atoms with van der Waals surface area (Å²) in [5.74, 6) is 1.58. The summed E-state index contributed by atoms with van der Waals surface area (Å²) in [6.07, 6.45) is 11.0. The van der Waals surface area contributed by atoms with Gasteiger partial charge >= 0.3 is 0 Å². The van der Waals surface area contributed by atoms with Gasteiger partial charge in [-0.3, -0.25) is 4.79 Å². The van der Waals surface area contributed by atoms with Crippen LogP contribution < -0.4 is 5.32 Å². The molecule has 2 aliphatic rings. The van der Waals surface area contributed by atoms with E-state index in [1.807, 2.05) is 0 Å². The summed E-state index contributed by atoms with van der Waals surface area (Å²) in [4.78, 5) is 14.6. The molecule has 0 spiro atoms. The first-order valence-corrected chi connectivity index (χ1v) is 7.94. The lowest BCUT2D eigenvalue weighted by molar-refractivity contribution is -0.132. The number of hydrogen-bond donors (Lipinski definition) is 1. The summed E-state index contributed by atoms with van der Waals surface area (Å²) in [5, 5.41) is 3.40. The average molecular weight is 264 g/mol. The molecule has 0 aromatic rings. The zero-order valence-electron chi connectivity index (χ0n) is 12.2.